The summed E-state index contributed by atoms with van der Waals surface area (Å²) < 4.78 is 11.1. The van der Waals surface area contributed by atoms with Gasteiger partial charge >= 0.3 is 6.03 Å². The number of aliphatic hydroxyl groups excluding tert-OH is 1. The quantitative estimate of drug-likeness (QED) is 0.842. The molecule has 0 saturated carbocycles. The largest absolute Gasteiger partial charge is 0.490 e. The number of likely N-dealkylation sites (tertiary alicyclic amines) is 1. The number of benzene rings is 1. The smallest absolute Gasteiger partial charge is 0.318 e. The number of rotatable bonds is 6. The molecular weight excluding hydrogens is 284 g/mol. The number of carbonyl (C=O) groups excluding carboxylic acids is 1. The van der Waals surface area contributed by atoms with Gasteiger partial charge in [0.05, 0.1) is 38.4 Å². The van der Waals surface area contributed by atoms with E-state index in [0.717, 1.165) is 5.56 Å². The van der Waals surface area contributed by atoms with Crippen LogP contribution >= 0.6 is 0 Å². The van der Waals surface area contributed by atoms with E-state index < -0.39 is 6.10 Å². The first-order chi connectivity index (χ1) is 10.5. The number of carbonyl (C=O) groups is 1. The third-order valence-corrected chi connectivity index (χ3v) is 3.56. The number of amides is 2. The monoisotopic (exact) mass is 308 g/mol. The van der Waals surface area contributed by atoms with Crippen LogP contribution < -0.4 is 14.8 Å². The summed E-state index contributed by atoms with van der Waals surface area (Å²) in [5.41, 5.74) is 0.946. The lowest BCUT2D eigenvalue weighted by Crippen LogP contribution is -2.56. The molecule has 6 heteroatoms. The van der Waals surface area contributed by atoms with Crippen molar-refractivity contribution in [2.75, 3.05) is 26.3 Å². The molecule has 0 aliphatic carbocycles. The third-order valence-electron chi connectivity index (χ3n) is 3.56. The Balaban J connectivity index is 2.03. The summed E-state index contributed by atoms with van der Waals surface area (Å²) >= 11 is 0. The maximum absolute atomic E-state index is 12.0. The highest BCUT2D eigenvalue weighted by Crippen LogP contribution is 2.30. The number of urea groups is 1. The summed E-state index contributed by atoms with van der Waals surface area (Å²) in [7, 11) is 0. The van der Waals surface area contributed by atoms with Crippen molar-refractivity contribution in [1.29, 1.82) is 0 Å². The molecule has 1 saturated heterocycles. The molecular formula is C16H24N2O4. The highest BCUT2D eigenvalue weighted by atomic mass is 16.5. The Morgan fingerprint density at radius 1 is 1.32 bits per heavy atom. The number of aliphatic hydroxyl groups is 1. The highest BCUT2D eigenvalue weighted by molar-refractivity contribution is 5.75. The van der Waals surface area contributed by atoms with Gasteiger partial charge in [-0.2, -0.15) is 0 Å². The van der Waals surface area contributed by atoms with Crippen LogP contribution in [0.3, 0.4) is 0 Å². The first kappa shape index (κ1) is 16.4. The average molecular weight is 308 g/mol. The van der Waals surface area contributed by atoms with Crippen LogP contribution in [0.5, 0.6) is 11.5 Å². The van der Waals surface area contributed by atoms with Crippen LogP contribution in [0.1, 0.15) is 32.4 Å². The van der Waals surface area contributed by atoms with Crippen LogP contribution in [0, 0.1) is 0 Å². The topological polar surface area (TPSA) is 71.0 Å². The van der Waals surface area contributed by atoms with Crippen LogP contribution in [0.2, 0.25) is 0 Å². The van der Waals surface area contributed by atoms with Crippen LogP contribution in [0.25, 0.3) is 0 Å². The summed E-state index contributed by atoms with van der Waals surface area (Å²) in [5, 5.41) is 12.2. The van der Waals surface area contributed by atoms with Crippen molar-refractivity contribution in [1.82, 2.24) is 10.2 Å². The molecule has 1 aromatic carbocycles. The molecule has 1 atom stereocenters. The number of hydrogen-bond donors (Lipinski definition) is 2. The Kier molecular flexibility index (Phi) is 5.49. The van der Waals surface area contributed by atoms with Crippen LogP contribution in [0.4, 0.5) is 4.79 Å². The Bertz CT molecular complexity index is 515. The molecule has 22 heavy (non-hydrogen) atoms. The SMILES string of the molecule is CCOc1ccc([C@H](C)NC(=O)N2CC(O)C2)cc1OCC. The second-order valence-electron chi connectivity index (χ2n) is 5.30. The van der Waals surface area contributed by atoms with E-state index in [0.29, 0.717) is 37.8 Å². The van der Waals surface area contributed by atoms with Gasteiger partial charge in [-0.1, -0.05) is 6.07 Å². The molecule has 1 heterocycles. The normalized spacial score (nSPS) is 15.9. The summed E-state index contributed by atoms with van der Waals surface area (Å²) in [5.74, 6) is 1.39. The van der Waals surface area contributed by atoms with Crippen molar-refractivity contribution in [2.45, 2.75) is 32.9 Å². The minimum atomic E-state index is -0.393. The predicted molar refractivity (Wildman–Crippen MR) is 83.3 cm³/mol. The van der Waals surface area contributed by atoms with E-state index in [1.807, 2.05) is 39.0 Å². The Labute approximate surface area is 131 Å². The zero-order chi connectivity index (χ0) is 16.1. The standard InChI is InChI=1S/C16H24N2O4/c1-4-21-14-7-6-12(8-15(14)22-5-2)11(3)17-16(20)18-9-13(19)10-18/h6-8,11,13,19H,4-5,9-10H2,1-3H3,(H,17,20)/t11-/m0/s1. The first-order valence-electron chi connectivity index (χ1n) is 7.68. The Morgan fingerprint density at radius 3 is 2.55 bits per heavy atom. The van der Waals surface area contributed by atoms with Gasteiger partial charge in [0.25, 0.3) is 0 Å². The maximum atomic E-state index is 12.0. The minimum absolute atomic E-state index is 0.153. The molecule has 1 aliphatic rings. The van der Waals surface area contributed by atoms with E-state index in [4.69, 9.17) is 9.47 Å². The number of ether oxygens (including phenoxy) is 2. The summed E-state index contributed by atoms with van der Waals surface area (Å²) in [6.45, 7) is 7.67. The fraction of sp³-hybridized carbons (Fsp3) is 0.562. The lowest BCUT2D eigenvalue weighted by molar-refractivity contribution is 0.0259. The molecule has 1 fully saturated rings. The molecule has 0 unspecified atom stereocenters. The predicted octanol–water partition coefficient (Wildman–Crippen LogP) is 1.93. The van der Waals surface area contributed by atoms with E-state index in [-0.39, 0.29) is 12.1 Å². The second-order valence-corrected chi connectivity index (χ2v) is 5.30. The molecule has 0 radical (unpaired) electrons. The Morgan fingerprint density at radius 2 is 1.95 bits per heavy atom. The van der Waals surface area contributed by atoms with Gasteiger partial charge in [0.2, 0.25) is 0 Å². The first-order valence-corrected chi connectivity index (χ1v) is 7.68. The summed E-state index contributed by atoms with van der Waals surface area (Å²) in [6, 6.07) is 5.36. The van der Waals surface area contributed by atoms with E-state index >= 15 is 0 Å². The van der Waals surface area contributed by atoms with Gasteiger partial charge in [0, 0.05) is 0 Å². The fourth-order valence-electron chi connectivity index (χ4n) is 2.32. The molecule has 0 aromatic heterocycles. The van der Waals surface area contributed by atoms with Gasteiger partial charge in [0.1, 0.15) is 0 Å². The molecule has 2 rings (SSSR count). The van der Waals surface area contributed by atoms with Gasteiger partial charge < -0.3 is 24.8 Å². The molecule has 0 spiro atoms. The van der Waals surface area contributed by atoms with Crippen molar-refractivity contribution in [2.24, 2.45) is 0 Å². The van der Waals surface area contributed by atoms with E-state index in [1.165, 1.54) is 0 Å². The number of nitrogens with zero attached hydrogens (tertiary/aromatic N) is 1. The van der Waals surface area contributed by atoms with E-state index in [1.54, 1.807) is 4.90 Å². The third kappa shape index (κ3) is 3.82. The molecule has 2 amide bonds. The molecule has 6 nitrogen and oxygen atoms in total. The van der Waals surface area contributed by atoms with Gasteiger partial charge in [-0.3, -0.25) is 0 Å². The van der Waals surface area contributed by atoms with Crippen LogP contribution in [-0.4, -0.2) is 48.4 Å². The van der Waals surface area contributed by atoms with E-state index in [2.05, 4.69) is 5.32 Å². The number of β-amino-alcohol motifs (C(OH)–C–C–N with tert-alkyl or cyclic N) is 1. The average Bonchev–Trinajstić information content (AvgIpc) is 2.46. The van der Waals surface area contributed by atoms with Gasteiger partial charge in [-0.05, 0) is 38.5 Å². The molecule has 1 aliphatic heterocycles. The zero-order valence-electron chi connectivity index (χ0n) is 13.3. The maximum Gasteiger partial charge on any atom is 0.318 e. The van der Waals surface area contributed by atoms with Crippen molar-refractivity contribution in [3.63, 3.8) is 0 Å². The lowest BCUT2D eigenvalue weighted by Gasteiger charge is -2.36. The van der Waals surface area contributed by atoms with Gasteiger partial charge in [-0.15, -0.1) is 0 Å². The molecule has 0 bridgehead atoms. The molecule has 1 aromatic rings. The fourth-order valence-corrected chi connectivity index (χ4v) is 2.32. The highest BCUT2D eigenvalue weighted by Gasteiger charge is 2.29. The molecule has 122 valence electrons. The van der Waals surface area contributed by atoms with Crippen LogP contribution in [-0.2, 0) is 0 Å². The summed E-state index contributed by atoms with van der Waals surface area (Å²) in [4.78, 5) is 13.6. The van der Waals surface area contributed by atoms with Crippen LogP contribution in [0.15, 0.2) is 18.2 Å². The van der Waals surface area contributed by atoms with Gasteiger partial charge in [-0.25, -0.2) is 4.79 Å². The van der Waals surface area contributed by atoms with Crippen molar-refractivity contribution in [3.05, 3.63) is 23.8 Å². The Hall–Kier alpha value is -1.95. The number of nitrogens with one attached hydrogen (secondary N) is 1. The van der Waals surface area contributed by atoms with Crippen molar-refractivity contribution in [3.8, 4) is 11.5 Å². The van der Waals surface area contributed by atoms with Crippen molar-refractivity contribution < 1.29 is 19.4 Å². The summed E-state index contributed by atoms with van der Waals surface area (Å²) in [6.07, 6.45) is -0.393. The van der Waals surface area contributed by atoms with Gasteiger partial charge in [0.15, 0.2) is 11.5 Å². The second kappa shape index (κ2) is 7.35. The number of hydrogen-bond acceptors (Lipinski definition) is 4. The van der Waals surface area contributed by atoms with E-state index in [9.17, 15) is 9.90 Å². The molecule has 2 N–H and O–H groups in total. The lowest BCUT2D eigenvalue weighted by atomic mass is 10.1. The minimum Gasteiger partial charge on any atom is -0.490 e. The van der Waals surface area contributed by atoms with Crippen molar-refractivity contribution >= 4 is 6.03 Å². The zero-order valence-corrected chi connectivity index (χ0v) is 13.3.